The van der Waals surface area contributed by atoms with Gasteiger partial charge in [-0.05, 0) is 11.6 Å². The fourth-order valence-electron chi connectivity index (χ4n) is 4.12. The molecule has 3 heteroatoms. The lowest BCUT2D eigenvalue weighted by molar-refractivity contribution is 0.977. The Balaban J connectivity index is 1.65. The van der Waals surface area contributed by atoms with Crippen LogP contribution in [0.4, 0.5) is 0 Å². The van der Waals surface area contributed by atoms with Crippen LogP contribution in [0.2, 0.25) is 0 Å². The van der Waals surface area contributed by atoms with E-state index in [1.807, 2.05) is 48.7 Å². The van der Waals surface area contributed by atoms with Gasteiger partial charge in [-0.25, -0.2) is 0 Å². The van der Waals surface area contributed by atoms with Crippen LogP contribution < -0.4 is 0 Å². The normalized spacial score (nSPS) is 11.2. The van der Waals surface area contributed by atoms with Gasteiger partial charge in [-0.1, -0.05) is 109 Å². The molecule has 0 atom stereocenters. The van der Waals surface area contributed by atoms with Gasteiger partial charge >= 0.3 is 0 Å². The Bertz CT molecular complexity index is 1360. The van der Waals surface area contributed by atoms with E-state index in [0.29, 0.717) is 0 Å². The molecule has 1 heterocycles. The van der Waals surface area contributed by atoms with E-state index in [9.17, 15) is 0 Å². The lowest BCUT2D eigenvalue weighted by Crippen LogP contribution is -2.02. The summed E-state index contributed by atoms with van der Waals surface area (Å²) in [6.07, 6.45) is 1.89. The van der Waals surface area contributed by atoms with Gasteiger partial charge in [0.05, 0.1) is 11.9 Å². The van der Waals surface area contributed by atoms with Crippen molar-refractivity contribution in [2.45, 2.75) is 0 Å². The summed E-state index contributed by atoms with van der Waals surface area (Å²) in [5.74, 6) is 0. The lowest BCUT2D eigenvalue weighted by atomic mass is 10.0. The zero-order valence-electron chi connectivity index (χ0n) is 17.9. The Kier molecular flexibility index (Phi) is 5.46. The summed E-state index contributed by atoms with van der Waals surface area (Å²) in [5.41, 5.74) is 7.45. The second kappa shape index (κ2) is 8.86. The summed E-state index contributed by atoms with van der Waals surface area (Å²) in [6.45, 7) is 0. The van der Waals surface area contributed by atoms with Gasteiger partial charge in [0, 0.05) is 34.6 Å². The van der Waals surface area contributed by atoms with Gasteiger partial charge < -0.3 is 4.57 Å². The average molecular weight is 414 g/mol. The topological polar surface area (TPSA) is 29.6 Å². The van der Waals surface area contributed by atoms with Gasteiger partial charge in [-0.3, -0.25) is 0 Å². The highest BCUT2D eigenvalue weighted by Crippen LogP contribution is 2.31. The van der Waals surface area contributed by atoms with Gasteiger partial charge in [0.15, 0.2) is 0 Å². The fourth-order valence-corrected chi connectivity index (χ4v) is 4.12. The van der Waals surface area contributed by atoms with E-state index in [4.69, 9.17) is 0 Å². The summed E-state index contributed by atoms with van der Waals surface area (Å²) in [7, 11) is 2.10. The molecule has 0 radical (unpaired) electrons. The number of nitrogens with zero attached hydrogens (tertiary/aromatic N) is 3. The van der Waals surface area contributed by atoms with Crippen molar-refractivity contribution in [2.24, 2.45) is 17.3 Å². The van der Waals surface area contributed by atoms with E-state index < -0.39 is 0 Å². The summed E-state index contributed by atoms with van der Waals surface area (Å²) >= 11 is 0. The molecule has 5 rings (SSSR count). The number of aryl methyl sites for hydroxylation is 1. The van der Waals surface area contributed by atoms with Crippen LogP contribution >= 0.6 is 0 Å². The monoisotopic (exact) mass is 413 g/mol. The van der Waals surface area contributed by atoms with Crippen molar-refractivity contribution in [2.75, 3.05) is 0 Å². The van der Waals surface area contributed by atoms with E-state index in [2.05, 4.69) is 94.6 Å². The van der Waals surface area contributed by atoms with Crippen LogP contribution in [-0.4, -0.2) is 16.5 Å². The van der Waals surface area contributed by atoms with Crippen molar-refractivity contribution in [1.29, 1.82) is 0 Å². The molecule has 0 bridgehead atoms. The maximum absolute atomic E-state index is 4.69. The average Bonchev–Trinajstić information content (AvgIpc) is 3.15. The number of rotatable bonds is 5. The zero-order valence-corrected chi connectivity index (χ0v) is 17.9. The Morgan fingerprint density at radius 1 is 0.656 bits per heavy atom. The first kappa shape index (κ1) is 19.7. The summed E-state index contributed by atoms with van der Waals surface area (Å²) in [6, 6.07) is 39.2. The van der Waals surface area contributed by atoms with Crippen LogP contribution in [0.1, 0.15) is 16.7 Å². The zero-order chi connectivity index (χ0) is 21.8. The molecule has 0 fully saturated rings. The Hall–Kier alpha value is -4.24. The molecule has 0 aliphatic heterocycles. The first-order valence-corrected chi connectivity index (χ1v) is 10.7. The van der Waals surface area contributed by atoms with E-state index in [0.717, 1.165) is 39.0 Å². The van der Waals surface area contributed by atoms with E-state index in [1.165, 1.54) is 5.52 Å². The third-order valence-electron chi connectivity index (χ3n) is 5.63. The van der Waals surface area contributed by atoms with E-state index >= 15 is 0 Å². The van der Waals surface area contributed by atoms with E-state index in [-0.39, 0.29) is 0 Å². The second-order valence-corrected chi connectivity index (χ2v) is 7.63. The SMILES string of the molecule is Cn1c(-c2ccccc2)c(/C=N/N=C(c2ccccc2)c2ccccc2)c2ccccc21. The maximum Gasteiger partial charge on any atom is 0.100 e. The van der Waals surface area contributed by atoms with Gasteiger partial charge in [-0.2, -0.15) is 5.10 Å². The summed E-state index contributed by atoms with van der Waals surface area (Å²) < 4.78 is 2.23. The lowest BCUT2D eigenvalue weighted by Gasteiger charge is -2.06. The van der Waals surface area contributed by atoms with Crippen molar-refractivity contribution >= 4 is 22.8 Å². The van der Waals surface area contributed by atoms with Crippen molar-refractivity contribution in [3.8, 4) is 11.3 Å². The molecule has 5 aromatic rings. The van der Waals surface area contributed by atoms with Crippen LogP contribution in [-0.2, 0) is 7.05 Å². The highest BCUT2D eigenvalue weighted by molar-refractivity contribution is 6.13. The molecular formula is C29H23N3. The molecule has 32 heavy (non-hydrogen) atoms. The molecule has 4 aromatic carbocycles. The van der Waals surface area contributed by atoms with Crippen molar-refractivity contribution < 1.29 is 0 Å². The molecule has 3 nitrogen and oxygen atoms in total. The highest BCUT2D eigenvalue weighted by Gasteiger charge is 2.15. The molecule has 0 aliphatic carbocycles. The third-order valence-corrected chi connectivity index (χ3v) is 5.63. The Morgan fingerprint density at radius 2 is 1.19 bits per heavy atom. The van der Waals surface area contributed by atoms with Crippen molar-refractivity contribution in [3.05, 3.63) is 132 Å². The van der Waals surface area contributed by atoms with E-state index in [1.54, 1.807) is 0 Å². The molecule has 0 N–H and O–H groups in total. The predicted octanol–water partition coefficient (Wildman–Crippen LogP) is 6.72. The molecule has 0 saturated heterocycles. The Labute approximate surface area is 188 Å². The number of fused-ring (bicyclic) bond motifs is 1. The number of para-hydroxylation sites is 1. The number of benzene rings is 4. The standard InChI is InChI=1S/C29H23N3/c1-32-27-20-12-11-19-25(27)26(29(32)24-17-9-4-10-18-24)21-30-31-28(22-13-5-2-6-14-22)23-15-7-3-8-16-23/h2-21H,1H3/b30-21+. The largest absolute Gasteiger partial charge is 0.343 e. The second-order valence-electron chi connectivity index (χ2n) is 7.63. The predicted molar refractivity (Wildman–Crippen MR) is 134 cm³/mol. The van der Waals surface area contributed by atoms with Gasteiger partial charge in [0.25, 0.3) is 0 Å². The van der Waals surface area contributed by atoms with Crippen LogP contribution in [0.25, 0.3) is 22.2 Å². The molecule has 0 spiro atoms. The van der Waals surface area contributed by atoms with Crippen molar-refractivity contribution in [1.82, 2.24) is 4.57 Å². The smallest absolute Gasteiger partial charge is 0.100 e. The Morgan fingerprint density at radius 3 is 1.81 bits per heavy atom. The molecule has 0 unspecified atom stereocenters. The first-order valence-electron chi connectivity index (χ1n) is 10.7. The summed E-state index contributed by atoms with van der Waals surface area (Å²) in [5, 5.41) is 10.4. The molecule has 0 aliphatic rings. The number of hydrogen-bond acceptors (Lipinski definition) is 2. The van der Waals surface area contributed by atoms with Gasteiger partial charge in [0.2, 0.25) is 0 Å². The fraction of sp³-hybridized carbons (Fsp3) is 0.0345. The first-order chi connectivity index (χ1) is 15.8. The van der Waals surface area contributed by atoms with Gasteiger partial charge in [-0.15, -0.1) is 5.10 Å². The van der Waals surface area contributed by atoms with Crippen LogP contribution in [0.15, 0.2) is 125 Å². The van der Waals surface area contributed by atoms with Gasteiger partial charge in [0.1, 0.15) is 5.71 Å². The minimum atomic E-state index is 0.851. The third kappa shape index (κ3) is 3.77. The van der Waals surface area contributed by atoms with Crippen LogP contribution in [0, 0.1) is 0 Å². The molecule has 0 amide bonds. The van der Waals surface area contributed by atoms with Crippen LogP contribution in [0.3, 0.4) is 0 Å². The maximum atomic E-state index is 4.69. The summed E-state index contributed by atoms with van der Waals surface area (Å²) in [4.78, 5) is 0. The molecular weight excluding hydrogens is 390 g/mol. The highest BCUT2D eigenvalue weighted by atomic mass is 15.2. The molecule has 0 saturated carbocycles. The number of aromatic nitrogens is 1. The van der Waals surface area contributed by atoms with Crippen LogP contribution in [0.5, 0.6) is 0 Å². The molecule has 154 valence electrons. The van der Waals surface area contributed by atoms with Crippen molar-refractivity contribution in [3.63, 3.8) is 0 Å². The number of hydrogen-bond donors (Lipinski definition) is 0. The molecule has 1 aromatic heterocycles. The minimum Gasteiger partial charge on any atom is -0.343 e. The quantitative estimate of drug-likeness (QED) is 0.226. The minimum absolute atomic E-state index is 0.851.